The minimum atomic E-state index is -4.52. The largest absolute Gasteiger partial charge is 0.410 e. The fraction of sp³-hybridized carbons (Fsp3) is 0.238. The summed E-state index contributed by atoms with van der Waals surface area (Å²) >= 11 is 5.89. The lowest BCUT2D eigenvalue weighted by Crippen LogP contribution is -2.35. The van der Waals surface area contributed by atoms with Crippen LogP contribution in [-0.2, 0) is 0 Å². The van der Waals surface area contributed by atoms with Crippen LogP contribution >= 0.6 is 11.6 Å². The van der Waals surface area contributed by atoms with E-state index in [0.29, 0.717) is 16.3 Å². The Morgan fingerprint density at radius 2 is 1.93 bits per heavy atom. The van der Waals surface area contributed by atoms with Gasteiger partial charge in [0.15, 0.2) is 11.7 Å². The van der Waals surface area contributed by atoms with Crippen molar-refractivity contribution in [1.29, 1.82) is 0 Å². The number of amides is 1. The lowest BCUT2D eigenvalue weighted by molar-refractivity contribution is -0.173. The predicted molar refractivity (Wildman–Crippen MR) is 109 cm³/mol. The molecule has 2 N–H and O–H groups in total. The van der Waals surface area contributed by atoms with Gasteiger partial charge in [0.2, 0.25) is 0 Å². The number of hydrogen-bond donors (Lipinski definition) is 2. The normalized spacial score (nSPS) is 18.4. The van der Waals surface area contributed by atoms with Gasteiger partial charge in [-0.3, -0.25) is 4.79 Å². The van der Waals surface area contributed by atoms with Crippen molar-refractivity contribution < 1.29 is 18.0 Å². The van der Waals surface area contributed by atoms with E-state index >= 15 is 0 Å². The number of rotatable bonds is 3. The Kier molecular flexibility index (Phi) is 5.19. The number of aryl methyl sites for hydroxylation is 1. The summed E-state index contributed by atoms with van der Waals surface area (Å²) in [5.74, 6) is -0.439. The van der Waals surface area contributed by atoms with Gasteiger partial charge in [0, 0.05) is 23.2 Å². The summed E-state index contributed by atoms with van der Waals surface area (Å²) in [6.07, 6.45) is -4.77. The van der Waals surface area contributed by atoms with Crippen molar-refractivity contribution >= 4 is 29.0 Å². The Labute approximate surface area is 175 Å². The molecular weight excluding hydrogens is 417 g/mol. The van der Waals surface area contributed by atoms with Crippen LogP contribution in [0.4, 0.5) is 24.7 Å². The Balaban J connectivity index is 1.64. The highest BCUT2D eigenvalue weighted by Crippen LogP contribution is 2.43. The molecule has 0 unspecified atom stereocenters. The molecule has 3 aromatic rings. The molecule has 0 aliphatic carbocycles. The monoisotopic (exact) mass is 434 g/mol. The van der Waals surface area contributed by atoms with Crippen LogP contribution in [0.5, 0.6) is 0 Å². The molecule has 30 heavy (non-hydrogen) atoms. The third-order valence-electron chi connectivity index (χ3n) is 4.97. The average Bonchev–Trinajstić information content (AvgIpc) is 3.11. The first kappa shape index (κ1) is 20.3. The number of carbonyl (C=O) groups excluding carboxylic acids is 1. The van der Waals surface area contributed by atoms with E-state index in [9.17, 15) is 18.0 Å². The zero-order chi connectivity index (χ0) is 21.5. The fourth-order valence-corrected chi connectivity index (χ4v) is 3.64. The Hall–Kier alpha value is -3.00. The molecule has 156 valence electrons. The standard InChI is InChI=1S/C21H18ClF3N4O/c1-12-3-2-4-15(9-12)26-20(30)17-11-19-27-16(13-5-7-14(22)8-6-13)10-18(21(23,24)25)29(19)28-17/h2-9,11,16,18,27H,10H2,1H3,(H,26,30)/t16-,18-/m0/s1. The Bertz CT molecular complexity index is 1080. The number of benzene rings is 2. The van der Waals surface area contributed by atoms with Gasteiger partial charge in [-0.15, -0.1) is 0 Å². The maximum Gasteiger partial charge on any atom is 0.410 e. The summed E-state index contributed by atoms with van der Waals surface area (Å²) in [5, 5.41) is 10.2. The van der Waals surface area contributed by atoms with Gasteiger partial charge in [0.25, 0.3) is 5.91 Å². The molecule has 0 fully saturated rings. The minimum absolute atomic E-state index is 0.0926. The van der Waals surface area contributed by atoms with Crippen molar-refractivity contribution in [2.75, 3.05) is 10.6 Å². The van der Waals surface area contributed by atoms with Crippen molar-refractivity contribution in [2.24, 2.45) is 0 Å². The second kappa shape index (κ2) is 7.68. The maximum absolute atomic E-state index is 13.8. The van der Waals surface area contributed by atoms with Gasteiger partial charge >= 0.3 is 6.18 Å². The van der Waals surface area contributed by atoms with Crippen LogP contribution in [0.3, 0.4) is 0 Å². The highest BCUT2D eigenvalue weighted by molar-refractivity contribution is 6.30. The van der Waals surface area contributed by atoms with Gasteiger partial charge < -0.3 is 10.6 Å². The van der Waals surface area contributed by atoms with Crippen molar-refractivity contribution in [3.8, 4) is 0 Å². The molecule has 4 rings (SSSR count). The molecule has 1 aromatic heterocycles. The summed E-state index contributed by atoms with van der Waals surface area (Å²) in [7, 11) is 0. The number of aromatic nitrogens is 2. The summed E-state index contributed by atoms with van der Waals surface area (Å²) in [5.41, 5.74) is 2.07. The van der Waals surface area contributed by atoms with Crippen LogP contribution in [-0.4, -0.2) is 21.9 Å². The Morgan fingerprint density at radius 1 is 1.20 bits per heavy atom. The van der Waals surface area contributed by atoms with E-state index in [0.717, 1.165) is 10.2 Å². The first-order chi connectivity index (χ1) is 14.2. The maximum atomic E-state index is 13.8. The zero-order valence-corrected chi connectivity index (χ0v) is 16.6. The molecular formula is C21H18ClF3N4O. The van der Waals surface area contributed by atoms with Crippen molar-refractivity contribution in [2.45, 2.75) is 31.6 Å². The first-order valence-electron chi connectivity index (χ1n) is 9.27. The van der Waals surface area contributed by atoms with Gasteiger partial charge in [-0.1, -0.05) is 35.9 Å². The zero-order valence-electron chi connectivity index (χ0n) is 15.9. The van der Waals surface area contributed by atoms with Crippen molar-refractivity contribution in [3.63, 3.8) is 0 Å². The molecule has 2 aromatic carbocycles. The molecule has 2 heterocycles. The second-order valence-corrected chi connectivity index (χ2v) is 7.66. The van der Waals surface area contributed by atoms with E-state index < -0.39 is 24.2 Å². The summed E-state index contributed by atoms with van der Waals surface area (Å²) in [6.45, 7) is 1.87. The van der Waals surface area contributed by atoms with Crippen LogP contribution in [0.25, 0.3) is 0 Å². The van der Waals surface area contributed by atoms with Gasteiger partial charge in [-0.05, 0) is 42.3 Å². The summed E-state index contributed by atoms with van der Waals surface area (Å²) < 4.78 is 42.1. The quantitative estimate of drug-likeness (QED) is 0.551. The molecule has 0 radical (unpaired) electrons. The molecule has 0 saturated carbocycles. The third kappa shape index (κ3) is 4.14. The molecule has 5 nitrogen and oxygen atoms in total. The molecule has 2 atom stereocenters. The number of alkyl halides is 3. The SMILES string of the molecule is Cc1cccc(NC(=O)c2cc3n(n2)[C@H](C(F)(F)F)C[C@@H](c2ccc(Cl)cc2)N3)c1. The van der Waals surface area contributed by atoms with E-state index in [1.807, 2.05) is 13.0 Å². The molecule has 0 saturated heterocycles. The van der Waals surface area contributed by atoms with Crippen molar-refractivity contribution in [1.82, 2.24) is 9.78 Å². The number of nitrogens with zero attached hydrogens (tertiary/aromatic N) is 2. The minimum Gasteiger partial charge on any atom is -0.363 e. The first-order valence-corrected chi connectivity index (χ1v) is 9.65. The molecule has 1 aliphatic heterocycles. The molecule has 9 heteroatoms. The molecule has 0 spiro atoms. The van der Waals surface area contributed by atoms with Gasteiger partial charge in [-0.25, -0.2) is 4.68 Å². The van der Waals surface area contributed by atoms with Crippen LogP contribution in [0.1, 0.15) is 40.1 Å². The van der Waals surface area contributed by atoms with E-state index in [4.69, 9.17) is 11.6 Å². The van der Waals surface area contributed by atoms with Gasteiger partial charge in [0.05, 0.1) is 6.04 Å². The van der Waals surface area contributed by atoms with E-state index in [-0.39, 0.29) is 17.9 Å². The highest BCUT2D eigenvalue weighted by atomic mass is 35.5. The smallest absolute Gasteiger partial charge is 0.363 e. The van der Waals surface area contributed by atoms with E-state index in [1.54, 1.807) is 42.5 Å². The lowest BCUT2D eigenvalue weighted by Gasteiger charge is -2.33. The third-order valence-corrected chi connectivity index (χ3v) is 5.22. The molecule has 1 aliphatic rings. The lowest BCUT2D eigenvalue weighted by atomic mass is 9.97. The predicted octanol–water partition coefficient (Wildman–Crippen LogP) is 5.76. The van der Waals surface area contributed by atoms with E-state index in [2.05, 4.69) is 15.7 Å². The Morgan fingerprint density at radius 3 is 2.60 bits per heavy atom. The number of nitrogens with one attached hydrogen (secondary N) is 2. The van der Waals surface area contributed by atoms with Crippen LogP contribution in [0.2, 0.25) is 5.02 Å². The summed E-state index contributed by atoms with van der Waals surface area (Å²) in [4.78, 5) is 12.6. The van der Waals surface area contributed by atoms with Crippen LogP contribution < -0.4 is 10.6 Å². The fourth-order valence-electron chi connectivity index (χ4n) is 3.52. The average molecular weight is 435 g/mol. The highest BCUT2D eigenvalue weighted by Gasteiger charge is 2.46. The number of hydrogen-bond acceptors (Lipinski definition) is 3. The number of carbonyl (C=O) groups is 1. The molecule has 0 bridgehead atoms. The van der Waals surface area contributed by atoms with E-state index in [1.165, 1.54) is 6.07 Å². The van der Waals surface area contributed by atoms with Gasteiger partial charge in [0.1, 0.15) is 5.82 Å². The van der Waals surface area contributed by atoms with Gasteiger partial charge in [-0.2, -0.15) is 18.3 Å². The molecule has 1 amide bonds. The number of anilines is 2. The topological polar surface area (TPSA) is 59.0 Å². The van der Waals surface area contributed by atoms with Crippen molar-refractivity contribution in [3.05, 3.63) is 76.4 Å². The summed E-state index contributed by atoms with van der Waals surface area (Å²) in [6, 6.07) is 12.7. The van der Waals surface area contributed by atoms with Crippen LogP contribution in [0, 0.1) is 6.92 Å². The van der Waals surface area contributed by atoms with Crippen LogP contribution in [0.15, 0.2) is 54.6 Å². The number of halogens is 4. The second-order valence-electron chi connectivity index (χ2n) is 7.22. The number of fused-ring (bicyclic) bond motifs is 1.